The minimum Gasteiger partial charge on any atom is -0.381 e. The van der Waals surface area contributed by atoms with E-state index in [9.17, 15) is 0 Å². The van der Waals surface area contributed by atoms with Gasteiger partial charge in [0.05, 0.1) is 0 Å². The fraction of sp³-hybridized carbons (Fsp3) is 1.00. The molecule has 17 heavy (non-hydrogen) atoms. The van der Waals surface area contributed by atoms with Crippen LogP contribution >= 0.6 is 0 Å². The molecule has 0 radical (unpaired) electrons. The normalized spacial score (nSPS) is 31.9. The van der Waals surface area contributed by atoms with E-state index in [1.165, 1.54) is 38.5 Å². The Morgan fingerprint density at radius 3 is 2.59 bits per heavy atom. The summed E-state index contributed by atoms with van der Waals surface area (Å²) in [6, 6.07) is 2.30. The van der Waals surface area contributed by atoms with Gasteiger partial charge >= 0.3 is 0 Å². The third kappa shape index (κ3) is 3.67. The molecule has 0 amide bonds. The van der Waals surface area contributed by atoms with Gasteiger partial charge in [-0.15, -0.1) is 0 Å². The largest absolute Gasteiger partial charge is 0.381 e. The van der Waals surface area contributed by atoms with Crippen molar-refractivity contribution in [2.75, 3.05) is 26.8 Å². The lowest BCUT2D eigenvalue weighted by Gasteiger charge is -2.41. The maximum atomic E-state index is 5.46. The summed E-state index contributed by atoms with van der Waals surface area (Å²) in [6.07, 6.45) is 7.91. The molecule has 2 aliphatic rings. The van der Waals surface area contributed by atoms with E-state index in [-0.39, 0.29) is 0 Å². The van der Waals surface area contributed by atoms with Crippen molar-refractivity contribution in [1.29, 1.82) is 0 Å². The van der Waals surface area contributed by atoms with Gasteiger partial charge in [-0.25, -0.2) is 0 Å². The summed E-state index contributed by atoms with van der Waals surface area (Å²) in [4.78, 5) is 2.64. The van der Waals surface area contributed by atoms with E-state index < -0.39 is 0 Å². The van der Waals surface area contributed by atoms with Crippen molar-refractivity contribution in [1.82, 2.24) is 10.2 Å². The molecule has 0 spiro atoms. The molecule has 3 nitrogen and oxygen atoms in total. The Bertz CT molecular complexity index is 214. The minimum absolute atomic E-state index is 0.751. The lowest BCUT2D eigenvalue weighted by Crippen LogP contribution is -2.48. The highest BCUT2D eigenvalue weighted by Crippen LogP contribution is 2.26. The molecule has 1 heterocycles. The molecule has 1 aliphatic carbocycles. The van der Waals surface area contributed by atoms with Crippen molar-refractivity contribution in [2.45, 2.75) is 63.6 Å². The van der Waals surface area contributed by atoms with Crippen LogP contribution in [0.2, 0.25) is 0 Å². The molecule has 2 atom stereocenters. The van der Waals surface area contributed by atoms with Gasteiger partial charge < -0.3 is 15.0 Å². The van der Waals surface area contributed by atoms with Crippen LogP contribution in [-0.2, 0) is 4.74 Å². The average molecular weight is 240 g/mol. The Morgan fingerprint density at radius 2 is 1.88 bits per heavy atom. The summed E-state index contributed by atoms with van der Waals surface area (Å²) in [5.74, 6) is 0. The van der Waals surface area contributed by atoms with Crippen LogP contribution in [0.4, 0.5) is 0 Å². The van der Waals surface area contributed by atoms with Gasteiger partial charge in [0, 0.05) is 31.3 Å². The molecule has 1 N–H and O–H groups in total. The molecule has 2 fully saturated rings. The zero-order valence-electron chi connectivity index (χ0n) is 11.5. The Labute approximate surface area is 106 Å². The number of nitrogens with zero attached hydrogens (tertiary/aromatic N) is 1. The first-order valence-corrected chi connectivity index (χ1v) is 7.34. The van der Waals surface area contributed by atoms with Gasteiger partial charge in [-0.3, -0.25) is 0 Å². The second kappa shape index (κ2) is 6.72. The molecule has 1 saturated carbocycles. The molecule has 0 aromatic heterocycles. The van der Waals surface area contributed by atoms with Crippen LogP contribution in [0, 0.1) is 0 Å². The molecular formula is C14H28N2O. The van der Waals surface area contributed by atoms with Crippen LogP contribution < -0.4 is 5.32 Å². The van der Waals surface area contributed by atoms with Crippen LogP contribution in [0.3, 0.4) is 0 Å². The predicted molar refractivity (Wildman–Crippen MR) is 71.3 cm³/mol. The van der Waals surface area contributed by atoms with E-state index in [2.05, 4.69) is 24.2 Å². The first-order chi connectivity index (χ1) is 8.31. The fourth-order valence-corrected chi connectivity index (χ4v) is 3.40. The third-order valence-corrected chi connectivity index (χ3v) is 4.48. The van der Waals surface area contributed by atoms with Gasteiger partial charge in [0.25, 0.3) is 0 Å². The van der Waals surface area contributed by atoms with E-state index in [0.717, 1.165) is 37.9 Å². The van der Waals surface area contributed by atoms with Crippen molar-refractivity contribution >= 4 is 0 Å². The molecule has 2 rings (SSSR count). The first-order valence-electron chi connectivity index (χ1n) is 7.34. The minimum atomic E-state index is 0.751. The monoisotopic (exact) mass is 240 g/mol. The van der Waals surface area contributed by atoms with Gasteiger partial charge in [-0.2, -0.15) is 0 Å². The van der Waals surface area contributed by atoms with Crippen LogP contribution in [0.15, 0.2) is 0 Å². The SMILES string of the molecule is CCNC1CCCC(N(C)C2CCOCC2)C1. The fourth-order valence-electron chi connectivity index (χ4n) is 3.40. The Hall–Kier alpha value is -0.120. The zero-order chi connectivity index (χ0) is 12.1. The standard InChI is InChI=1S/C14H28N2O/c1-3-15-12-5-4-6-14(11-12)16(2)13-7-9-17-10-8-13/h12-15H,3-11H2,1-2H3. The van der Waals surface area contributed by atoms with E-state index in [1.54, 1.807) is 0 Å². The van der Waals surface area contributed by atoms with Crippen LogP contribution in [0.5, 0.6) is 0 Å². The number of ether oxygens (including phenoxy) is 1. The van der Waals surface area contributed by atoms with Gasteiger partial charge in [0.1, 0.15) is 0 Å². The van der Waals surface area contributed by atoms with Gasteiger partial charge in [-0.05, 0) is 45.7 Å². The van der Waals surface area contributed by atoms with E-state index >= 15 is 0 Å². The van der Waals surface area contributed by atoms with Crippen LogP contribution in [0.25, 0.3) is 0 Å². The van der Waals surface area contributed by atoms with E-state index in [0.29, 0.717) is 0 Å². The van der Waals surface area contributed by atoms with Crippen molar-refractivity contribution in [3.63, 3.8) is 0 Å². The quantitative estimate of drug-likeness (QED) is 0.813. The van der Waals surface area contributed by atoms with E-state index in [1.807, 2.05) is 0 Å². The summed E-state index contributed by atoms with van der Waals surface area (Å²) in [5.41, 5.74) is 0. The van der Waals surface area contributed by atoms with Crippen molar-refractivity contribution in [3.05, 3.63) is 0 Å². The second-order valence-electron chi connectivity index (χ2n) is 5.58. The highest BCUT2D eigenvalue weighted by molar-refractivity contribution is 4.86. The molecule has 2 unspecified atom stereocenters. The number of hydrogen-bond acceptors (Lipinski definition) is 3. The summed E-state index contributed by atoms with van der Waals surface area (Å²) in [5, 5.41) is 3.62. The predicted octanol–water partition coefficient (Wildman–Crippen LogP) is 2.02. The number of rotatable bonds is 4. The Morgan fingerprint density at radius 1 is 1.12 bits per heavy atom. The summed E-state index contributed by atoms with van der Waals surface area (Å²) in [7, 11) is 2.33. The van der Waals surface area contributed by atoms with Crippen molar-refractivity contribution in [3.8, 4) is 0 Å². The average Bonchev–Trinajstić information content (AvgIpc) is 2.40. The molecule has 0 aromatic rings. The van der Waals surface area contributed by atoms with Crippen molar-refractivity contribution < 1.29 is 4.74 Å². The summed E-state index contributed by atoms with van der Waals surface area (Å²) < 4.78 is 5.46. The lowest BCUT2D eigenvalue weighted by molar-refractivity contribution is 0.0194. The number of hydrogen-bond donors (Lipinski definition) is 1. The Kier molecular flexibility index (Phi) is 5.26. The molecule has 3 heteroatoms. The number of nitrogens with one attached hydrogen (secondary N) is 1. The lowest BCUT2D eigenvalue weighted by atomic mass is 9.88. The second-order valence-corrected chi connectivity index (χ2v) is 5.58. The highest BCUT2D eigenvalue weighted by Gasteiger charge is 2.29. The highest BCUT2D eigenvalue weighted by atomic mass is 16.5. The van der Waals surface area contributed by atoms with E-state index in [4.69, 9.17) is 4.74 Å². The third-order valence-electron chi connectivity index (χ3n) is 4.48. The molecule has 1 aliphatic heterocycles. The zero-order valence-corrected chi connectivity index (χ0v) is 11.5. The van der Waals surface area contributed by atoms with Crippen molar-refractivity contribution in [2.24, 2.45) is 0 Å². The summed E-state index contributed by atoms with van der Waals surface area (Å²) in [6.45, 7) is 5.24. The Balaban J connectivity index is 1.82. The first kappa shape index (κ1) is 13.3. The molecule has 1 saturated heterocycles. The maximum absolute atomic E-state index is 5.46. The van der Waals surface area contributed by atoms with Crippen LogP contribution in [-0.4, -0.2) is 49.8 Å². The smallest absolute Gasteiger partial charge is 0.0480 e. The molecule has 0 aromatic carbocycles. The van der Waals surface area contributed by atoms with Gasteiger partial charge in [0.2, 0.25) is 0 Å². The van der Waals surface area contributed by atoms with Crippen LogP contribution in [0.1, 0.15) is 45.4 Å². The topological polar surface area (TPSA) is 24.5 Å². The molecular weight excluding hydrogens is 212 g/mol. The summed E-state index contributed by atoms with van der Waals surface area (Å²) >= 11 is 0. The molecule has 0 bridgehead atoms. The molecule has 100 valence electrons. The van der Waals surface area contributed by atoms with Gasteiger partial charge in [0.15, 0.2) is 0 Å². The van der Waals surface area contributed by atoms with Gasteiger partial charge in [-0.1, -0.05) is 13.3 Å². The maximum Gasteiger partial charge on any atom is 0.0480 e.